The first kappa shape index (κ1) is 24.5. The lowest BCUT2D eigenvalue weighted by atomic mass is 9.51. The molecule has 2 heterocycles. The normalized spacial score (nSPS) is 31.1. The van der Waals surface area contributed by atoms with Crippen molar-refractivity contribution in [3.05, 3.63) is 102 Å². The minimum Gasteiger partial charge on any atom is -0.508 e. The highest BCUT2D eigenvalue weighted by Crippen LogP contribution is 2.63. The molecule has 7 nitrogen and oxygen atoms in total. The van der Waals surface area contributed by atoms with Gasteiger partial charge in [0, 0.05) is 5.92 Å². The Bertz CT molecular complexity index is 1600. The maximum atomic E-state index is 14.3. The van der Waals surface area contributed by atoms with Crippen LogP contribution < -0.4 is 9.80 Å². The largest absolute Gasteiger partial charge is 0.508 e. The summed E-state index contributed by atoms with van der Waals surface area (Å²) in [7, 11) is 0. The Morgan fingerprint density at radius 2 is 1.40 bits per heavy atom. The van der Waals surface area contributed by atoms with E-state index in [1.165, 1.54) is 9.80 Å². The van der Waals surface area contributed by atoms with E-state index in [2.05, 4.69) is 0 Å². The molecule has 3 aromatic rings. The second-order valence-corrected chi connectivity index (χ2v) is 11.4. The van der Waals surface area contributed by atoms with Crippen molar-refractivity contribution in [1.82, 2.24) is 0 Å². The summed E-state index contributed by atoms with van der Waals surface area (Å²) in [5.41, 5.74) is 1.55. The number of amides is 4. The summed E-state index contributed by atoms with van der Waals surface area (Å²) < 4.78 is 0. The average Bonchev–Trinajstić information content (AvgIpc) is 3.33. The topological polar surface area (TPSA) is 95.0 Å². The van der Waals surface area contributed by atoms with Crippen LogP contribution >= 0.6 is 0 Å². The van der Waals surface area contributed by atoms with Crippen molar-refractivity contribution in [2.24, 2.45) is 29.1 Å². The highest BCUT2D eigenvalue weighted by atomic mass is 16.3. The molecule has 0 spiro atoms. The Balaban J connectivity index is 1.37. The van der Waals surface area contributed by atoms with Crippen molar-refractivity contribution in [2.45, 2.75) is 25.7 Å². The number of hydrogen-bond acceptors (Lipinski definition) is 5. The molecule has 2 saturated heterocycles. The summed E-state index contributed by atoms with van der Waals surface area (Å²) in [6, 6.07) is 24.7. The SMILES string of the molecule is C[C@@]12C(=O)N(c3ccccc3)C(=O)[C@@H]1C[C@@H]1C(=CC[C@@H]3C(=O)N(c4ccccc4)C(=O)[C@@H]31)[C@@H]2c1cccc(O)c1. The molecule has 3 fully saturated rings. The van der Waals surface area contributed by atoms with Gasteiger partial charge in [-0.15, -0.1) is 0 Å². The maximum absolute atomic E-state index is 14.3. The summed E-state index contributed by atoms with van der Waals surface area (Å²) in [6.07, 6.45) is 2.70. The molecule has 0 radical (unpaired) electrons. The van der Waals surface area contributed by atoms with Crippen molar-refractivity contribution >= 4 is 35.0 Å². The van der Waals surface area contributed by atoms with Crippen LogP contribution in [0.1, 0.15) is 31.2 Å². The van der Waals surface area contributed by atoms with Gasteiger partial charge in [0.1, 0.15) is 5.75 Å². The van der Waals surface area contributed by atoms with Crippen LogP contribution in [0.3, 0.4) is 0 Å². The third-order valence-corrected chi connectivity index (χ3v) is 9.51. The number of carbonyl (C=O) groups excluding carboxylic acids is 4. The van der Waals surface area contributed by atoms with Crippen molar-refractivity contribution in [3.8, 4) is 5.75 Å². The summed E-state index contributed by atoms with van der Waals surface area (Å²) in [5.74, 6) is -3.76. The summed E-state index contributed by atoms with van der Waals surface area (Å²) in [6.45, 7) is 1.84. The first-order valence-electron chi connectivity index (χ1n) is 13.7. The van der Waals surface area contributed by atoms with Crippen molar-refractivity contribution in [3.63, 3.8) is 0 Å². The average molecular weight is 533 g/mol. The van der Waals surface area contributed by atoms with E-state index in [9.17, 15) is 24.3 Å². The van der Waals surface area contributed by atoms with Crippen LogP contribution in [0.4, 0.5) is 11.4 Å². The lowest BCUT2D eigenvalue weighted by Crippen LogP contribution is -2.48. The fourth-order valence-corrected chi connectivity index (χ4v) is 7.75. The standard InChI is InChI=1S/C33H28N2O5/c1-33-26(30(38)35(32(33)40)21-12-6-3-7-13-21)18-25-23(28(33)19-9-8-14-22(36)17-19)15-16-24-27(25)31(39)34(29(24)37)20-10-4-2-5-11-20/h2-15,17,24-28,36H,16,18H2,1H3/t24-,25+,26-,27-,28-,33+/m0/s1. The number of anilines is 2. The van der Waals surface area contributed by atoms with Crippen molar-refractivity contribution in [2.75, 3.05) is 9.80 Å². The molecule has 0 unspecified atom stereocenters. The molecule has 0 aromatic heterocycles. The molecule has 0 bridgehead atoms. The monoisotopic (exact) mass is 532 g/mol. The number of para-hydroxylation sites is 2. The molecule has 3 aromatic carbocycles. The maximum Gasteiger partial charge on any atom is 0.241 e. The van der Waals surface area contributed by atoms with Gasteiger partial charge < -0.3 is 5.11 Å². The van der Waals surface area contributed by atoms with E-state index in [0.717, 1.165) is 11.1 Å². The van der Waals surface area contributed by atoms with E-state index in [4.69, 9.17) is 0 Å². The van der Waals surface area contributed by atoms with Gasteiger partial charge in [-0.1, -0.05) is 60.2 Å². The van der Waals surface area contributed by atoms with Gasteiger partial charge >= 0.3 is 0 Å². The number of imide groups is 2. The second-order valence-electron chi connectivity index (χ2n) is 11.4. The zero-order valence-electron chi connectivity index (χ0n) is 21.9. The lowest BCUT2D eigenvalue weighted by molar-refractivity contribution is -0.131. The predicted molar refractivity (Wildman–Crippen MR) is 148 cm³/mol. The molecule has 7 heteroatoms. The highest BCUT2D eigenvalue weighted by Gasteiger charge is 2.67. The summed E-state index contributed by atoms with van der Waals surface area (Å²) in [5, 5.41) is 10.4. The summed E-state index contributed by atoms with van der Waals surface area (Å²) >= 11 is 0. The third-order valence-electron chi connectivity index (χ3n) is 9.51. The predicted octanol–water partition coefficient (Wildman–Crippen LogP) is 4.83. The van der Waals surface area contributed by atoms with Crippen LogP contribution in [0.5, 0.6) is 5.75 Å². The van der Waals surface area contributed by atoms with Gasteiger partial charge in [0.2, 0.25) is 23.6 Å². The molecule has 1 N–H and O–H groups in total. The minimum atomic E-state index is -1.12. The third kappa shape index (κ3) is 3.24. The molecule has 7 rings (SSSR count). The van der Waals surface area contributed by atoms with Crippen LogP contribution in [-0.4, -0.2) is 28.7 Å². The van der Waals surface area contributed by atoms with Crippen LogP contribution in [-0.2, 0) is 19.2 Å². The highest BCUT2D eigenvalue weighted by molar-refractivity contribution is 6.25. The fourth-order valence-electron chi connectivity index (χ4n) is 7.75. The van der Waals surface area contributed by atoms with Crippen LogP contribution in [0.25, 0.3) is 0 Å². The molecule has 1 saturated carbocycles. The number of aromatic hydroxyl groups is 1. The Hall–Kier alpha value is -4.52. The number of allylic oxidation sites excluding steroid dienone is 2. The van der Waals surface area contributed by atoms with Gasteiger partial charge in [-0.05, 0) is 67.6 Å². The fraction of sp³-hybridized carbons (Fsp3) is 0.273. The molecule has 200 valence electrons. The van der Waals surface area contributed by atoms with E-state index >= 15 is 0 Å². The molecular formula is C33H28N2O5. The minimum absolute atomic E-state index is 0.0631. The summed E-state index contributed by atoms with van der Waals surface area (Å²) in [4.78, 5) is 58.5. The molecule has 6 atom stereocenters. The van der Waals surface area contributed by atoms with Gasteiger partial charge in [0.05, 0.1) is 34.5 Å². The van der Waals surface area contributed by atoms with Crippen LogP contribution in [0.2, 0.25) is 0 Å². The van der Waals surface area contributed by atoms with E-state index in [1.54, 1.807) is 66.7 Å². The number of fused-ring (bicyclic) bond motifs is 4. The van der Waals surface area contributed by atoms with Gasteiger partial charge in [-0.3, -0.25) is 24.1 Å². The number of nitrogens with zero attached hydrogens (tertiary/aromatic N) is 2. The smallest absolute Gasteiger partial charge is 0.241 e. The number of benzene rings is 3. The van der Waals surface area contributed by atoms with Crippen LogP contribution in [0.15, 0.2) is 96.6 Å². The molecular weight excluding hydrogens is 504 g/mol. The Labute approximate surface area is 231 Å². The molecule has 4 aliphatic rings. The van der Waals surface area contributed by atoms with Gasteiger partial charge in [-0.25, -0.2) is 4.90 Å². The Kier molecular flexibility index (Phi) is 5.36. The van der Waals surface area contributed by atoms with E-state index in [1.807, 2.05) is 31.2 Å². The first-order chi connectivity index (χ1) is 19.3. The zero-order valence-corrected chi connectivity index (χ0v) is 21.9. The first-order valence-corrected chi connectivity index (χ1v) is 13.7. The van der Waals surface area contributed by atoms with E-state index in [0.29, 0.717) is 24.2 Å². The second kappa shape index (κ2) is 8.74. The Morgan fingerprint density at radius 3 is 2.05 bits per heavy atom. The number of phenols is 1. The number of hydrogen-bond donors (Lipinski definition) is 1. The van der Waals surface area contributed by atoms with Crippen LogP contribution in [0, 0.1) is 29.1 Å². The zero-order chi connectivity index (χ0) is 27.8. The quantitative estimate of drug-likeness (QED) is 0.385. The van der Waals surface area contributed by atoms with E-state index < -0.39 is 29.1 Å². The Morgan fingerprint density at radius 1 is 0.750 bits per heavy atom. The number of phenolic OH excluding ortho intramolecular Hbond substituents is 1. The molecule has 4 amide bonds. The molecule has 2 aliphatic carbocycles. The van der Waals surface area contributed by atoms with E-state index in [-0.39, 0.29) is 35.3 Å². The van der Waals surface area contributed by atoms with Gasteiger partial charge in [0.25, 0.3) is 0 Å². The van der Waals surface area contributed by atoms with Gasteiger partial charge in [0.15, 0.2) is 0 Å². The molecule has 40 heavy (non-hydrogen) atoms. The van der Waals surface area contributed by atoms with Crippen molar-refractivity contribution < 1.29 is 24.3 Å². The van der Waals surface area contributed by atoms with Crippen molar-refractivity contribution in [1.29, 1.82) is 0 Å². The molecule has 2 aliphatic heterocycles. The van der Waals surface area contributed by atoms with Gasteiger partial charge in [-0.2, -0.15) is 0 Å². The number of rotatable bonds is 3. The lowest BCUT2D eigenvalue weighted by Gasteiger charge is -2.49. The number of carbonyl (C=O) groups is 4.